The molecular weight excluding hydrogens is 302 g/mol. The van der Waals surface area contributed by atoms with Crippen molar-refractivity contribution in [3.63, 3.8) is 0 Å². The topological polar surface area (TPSA) is 37.8 Å². The van der Waals surface area contributed by atoms with Crippen molar-refractivity contribution in [2.24, 2.45) is 0 Å². The largest absolute Gasteiger partial charge is 0.362 e. The van der Waals surface area contributed by atoms with E-state index in [1.54, 1.807) is 0 Å². The smallest absolute Gasteiger partial charge is 0.159 e. The fraction of sp³-hybridized carbons (Fsp3) is 0.250. The Hall–Kier alpha value is -1.65. The van der Waals surface area contributed by atoms with Gasteiger partial charge in [-0.25, -0.2) is 0 Å². The van der Waals surface area contributed by atoms with Crippen molar-refractivity contribution in [1.29, 1.82) is 0 Å². The highest BCUT2D eigenvalue weighted by Gasteiger charge is 2.14. The Kier molecular flexibility index (Phi) is 3.83. The molecule has 0 fully saturated rings. The van der Waals surface area contributed by atoms with Crippen molar-refractivity contribution in [3.8, 4) is 0 Å². The summed E-state index contributed by atoms with van der Waals surface area (Å²) >= 11 is 7.93. The average molecular weight is 318 g/mol. The number of hydrogen-bond donors (Lipinski definition) is 1. The van der Waals surface area contributed by atoms with Gasteiger partial charge in [0.25, 0.3) is 0 Å². The Labute approximate surface area is 133 Å². The number of nitrogens with one attached hydrogen (secondary N) is 1. The van der Waals surface area contributed by atoms with Gasteiger partial charge in [-0.05, 0) is 32.4 Å². The van der Waals surface area contributed by atoms with Gasteiger partial charge in [-0.1, -0.05) is 35.9 Å². The third-order valence-corrected chi connectivity index (χ3v) is 4.80. The standard InChI is InChI=1S/C16H16ClN3S/c1-9-8-14(11(3)21-9)10(2)18-16-13-7-5-4-6-12(13)15(17)19-20-16/h4-8,10H,1-3H3,(H,18,20). The molecule has 0 saturated heterocycles. The minimum Gasteiger partial charge on any atom is -0.362 e. The van der Waals surface area contributed by atoms with Crippen LogP contribution in [-0.4, -0.2) is 10.2 Å². The Morgan fingerprint density at radius 1 is 1.14 bits per heavy atom. The molecule has 0 aliphatic heterocycles. The zero-order chi connectivity index (χ0) is 15.0. The molecule has 1 N–H and O–H groups in total. The highest BCUT2D eigenvalue weighted by Crippen LogP contribution is 2.31. The number of nitrogens with zero attached hydrogens (tertiary/aromatic N) is 2. The molecule has 5 heteroatoms. The number of halogens is 1. The number of aryl methyl sites for hydroxylation is 2. The van der Waals surface area contributed by atoms with E-state index in [9.17, 15) is 0 Å². The summed E-state index contributed by atoms with van der Waals surface area (Å²) in [6.07, 6.45) is 0. The van der Waals surface area contributed by atoms with Gasteiger partial charge in [0.05, 0.1) is 6.04 Å². The first kappa shape index (κ1) is 14.3. The van der Waals surface area contributed by atoms with Crippen molar-refractivity contribution < 1.29 is 0 Å². The van der Waals surface area contributed by atoms with Gasteiger partial charge < -0.3 is 5.32 Å². The second kappa shape index (κ2) is 5.62. The summed E-state index contributed by atoms with van der Waals surface area (Å²) in [4.78, 5) is 2.65. The first-order chi connectivity index (χ1) is 10.1. The lowest BCUT2D eigenvalue weighted by Gasteiger charge is -2.16. The molecule has 1 aromatic carbocycles. The second-order valence-corrected chi connectivity index (χ2v) is 6.94. The van der Waals surface area contributed by atoms with Crippen LogP contribution < -0.4 is 5.32 Å². The van der Waals surface area contributed by atoms with Crippen LogP contribution in [0, 0.1) is 13.8 Å². The van der Waals surface area contributed by atoms with Crippen LogP contribution in [0.25, 0.3) is 10.8 Å². The quantitative estimate of drug-likeness (QED) is 0.727. The number of hydrogen-bond acceptors (Lipinski definition) is 4. The molecule has 0 saturated carbocycles. The molecule has 3 rings (SSSR count). The Morgan fingerprint density at radius 2 is 1.86 bits per heavy atom. The molecular formula is C16H16ClN3S. The summed E-state index contributed by atoms with van der Waals surface area (Å²) in [5, 5.41) is 14.1. The van der Waals surface area contributed by atoms with E-state index in [1.807, 2.05) is 35.6 Å². The maximum Gasteiger partial charge on any atom is 0.159 e. The molecule has 0 spiro atoms. The van der Waals surface area contributed by atoms with Gasteiger partial charge in [0.1, 0.15) is 0 Å². The molecule has 3 nitrogen and oxygen atoms in total. The van der Waals surface area contributed by atoms with Gasteiger partial charge in [-0.3, -0.25) is 0 Å². The fourth-order valence-electron chi connectivity index (χ4n) is 2.54. The molecule has 1 unspecified atom stereocenters. The number of fused-ring (bicyclic) bond motifs is 1. The molecule has 0 aliphatic rings. The molecule has 0 amide bonds. The lowest BCUT2D eigenvalue weighted by atomic mass is 10.1. The van der Waals surface area contributed by atoms with Crippen molar-refractivity contribution in [2.75, 3.05) is 5.32 Å². The number of thiophene rings is 1. The maximum atomic E-state index is 6.11. The summed E-state index contributed by atoms with van der Waals surface area (Å²) < 4.78 is 0. The van der Waals surface area contributed by atoms with Crippen LogP contribution in [0.1, 0.15) is 28.3 Å². The van der Waals surface area contributed by atoms with Crippen LogP contribution in [0.2, 0.25) is 5.15 Å². The predicted octanol–water partition coefficient (Wildman–Crippen LogP) is 5.13. The van der Waals surface area contributed by atoms with Gasteiger partial charge in [0.15, 0.2) is 11.0 Å². The van der Waals surface area contributed by atoms with Crippen LogP contribution in [0.15, 0.2) is 30.3 Å². The molecule has 0 radical (unpaired) electrons. The molecule has 108 valence electrons. The first-order valence-corrected chi connectivity index (χ1v) is 8.00. The number of aromatic nitrogens is 2. The number of benzene rings is 1. The van der Waals surface area contributed by atoms with E-state index in [2.05, 4.69) is 42.4 Å². The monoisotopic (exact) mass is 317 g/mol. The second-order valence-electron chi connectivity index (χ2n) is 5.12. The van der Waals surface area contributed by atoms with Crippen LogP contribution in [-0.2, 0) is 0 Å². The zero-order valence-corrected chi connectivity index (χ0v) is 13.7. The van der Waals surface area contributed by atoms with E-state index in [4.69, 9.17) is 11.6 Å². The predicted molar refractivity (Wildman–Crippen MR) is 90.4 cm³/mol. The summed E-state index contributed by atoms with van der Waals surface area (Å²) in [5.41, 5.74) is 1.30. The number of rotatable bonds is 3. The zero-order valence-electron chi connectivity index (χ0n) is 12.1. The summed E-state index contributed by atoms with van der Waals surface area (Å²) in [5.74, 6) is 0.769. The van der Waals surface area contributed by atoms with E-state index < -0.39 is 0 Å². The normalized spacial score (nSPS) is 12.6. The fourth-order valence-corrected chi connectivity index (χ4v) is 3.77. The van der Waals surface area contributed by atoms with Crippen LogP contribution in [0.5, 0.6) is 0 Å². The molecule has 21 heavy (non-hydrogen) atoms. The molecule has 2 aromatic heterocycles. The number of anilines is 1. The van der Waals surface area contributed by atoms with Gasteiger partial charge >= 0.3 is 0 Å². The van der Waals surface area contributed by atoms with E-state index >= 15 is 0 Å². The van der Waals surface area contributed by atoms with Gasteiger partial charge in [0.2, 0.25) is 0 Å². The van der Waals surface area contributed by atoms with Gasteiger partial charge in [0, 0.05) is 20.5 Å². The van der Waals surface area contributed by atoms with Crippen molar-refractivity contribution >= 4 is 39.5 Å². The lowest BCUT2D eigenvalue weighted by Crippen LogP contribution is -2.09. The highest BCUT2D eigenvalue weighted by molar-refractivity contribution is 7.12. The Balaban J connectivity index is 1.99. The van der Waals surface area contributed by atoms with Crippen molar-refractivity contribution in [3.05, 3.63) is 50.8 Å². The summed E-state index contributed by atoms with van der Waals surface area (Å²) in [6.45, 7) is 6.42. The molecule has 0 bridgehead atoms. The van der Waals surface area contributed by atoms with E-state index in [0.717, 1.165) is 16.6 Å². The summed E-state index contributed by atoms with van der Waals surface area (Å²) in [7, 11) is 0. The van der Waals surface area contributed by atoms with E-state index in [-0.39, 0.29) is 6.04 Å². The molecule has 3 aromatic rings. The van der Waals surface area contributed by atoms with Crippen LogP contribution >= 0.6 is 22.9 Å². The third-order valence-electron chi connectivity index (χ3n) is 3.54. The van der Waals surface area contributed by atoms with Crippen molar-refractivity contribution in [2.45, 2.75) is 26.8 Å². The van der Waals surface area contributed by atoms with Crippen LogP contribution in [0.4, 0.5) is 5.82 Å². The van der Waals surface area contributed by atoms with E-state index in [1.165, 1.54) is 15.3 Å². The van der Waals surface area contributed by atoms with Gasteiger partial charge in [-0.15, -0.1) is 21.5 Å². The Morgan fingerprint density at radius 3 is 2.52 bits per heavy atom. The molecule has 0 aliphatic carbocycles. The van der Waals surface area contributed by atoms with E-state index in [0.29, 0.717) is 5.15 Å². The maximum absolute atomic E-state index is 6.11. The molecule has 1 atom stereocenters. The average Bonchev–Trinajstić information content (AvgIpc) is 2.81. The lowest BCUT2D eigenvalue weighted by molar-refractivity contribution is 0.863. The highest BCUT2D eigenvalue weighted by atomic mass is 35.5. The molecule has 2 heterocycles. The minimum atomic E-state index is 0.175. The third kappa shape index (κ3) is 2.74. The summed E-state index contributed by atoms with van der Waals surface area (Å²) in [6, 6.07) is 10.3. The van der Waals surface area contributed by atoms with Gasteiger partial charge in [-0.2, -0.15) is 0 Å². The van der Waals surface area contributed by atoms with Crippen LogP contribution in [0.3, 0.4) is 0 Å². The van der Waals surface area contributed by atoms with Crippen molar-refractivity contribution in [1.82, 2.24) is 10.2 Å². The minimum absolute atomic E-state index is 0.175. The first-order valence-electron chi connectivity index (χ1n) is 6.80. The SMILES string of the molecule is Cc1cc(C(C)Nc2nnc(Cl)c3ccccc23)c(C)s1. The Bertz CT molecular complexity index is 797.